The molecule has 1 aliphatic rings. The second-order valence-corrected chi connectivity index (χ2v) is 4.97. The monoisotopic (exact) mass is 241 g/mol. The number of amides is 1. The first kappa shape index (κ1) is 14.5. The van der Waals surface area contributed by atoms with Crippen LogP contribution in [0.5, 0.6) is 0 Å². The Morgan fingerprint density at radius 2 is 2.06 bits per heavy atom. The minimum Gasteiger partial charge on any atom is -0.352 e. The Kier molecular flexibility index (Phi) is 6.52. The maximum Gasteiger partial charge on any atom is 0.237 e. The Morgan fingerprint density at radius 3 is 2.59 bits per heavy atom. The van der Waals surface area contributed by atoms with Crippen molar-refractivity contribution in [2.75, 3.05) is 19.6 Å². The lowest BCUT2D eigenvalue weighted by atomic mass is 10.0. The van der Waals surface area contributed by atoms with E-state index >= 15 is 0 Å². The highest BCUT2D eigenvalue weighted by Crippen LogP contribution is 2.10. The maximum atomic E-state index is 11.8. The van der Waals surface area contributed by atoms with E-state index in [-0.39, 0.29) is 11.9 Å². The van der Waals surface area contributed by atoms with E-state index in [1.165, 1.54) is 0 Å². The van der Waals surface area contributed by atoms with Crippen LogP contribution in [0.25, 0.3) is 0 Å². The van der Waals surface area contributed by atoms with Crippen LogP contribution in [0.15, 0.2) is 0 Å². The summed E-state index contributed by atoms with van der Waals surface area (Å²) in [5.74, 6) is 0.0356. The summed E-state index contributed by atoms with van der Waals surface area (Å²) < 4.78 is 0. The summed E-state index contributed by atoms with van der Waals surface area (Å²) in [5.41, 5.74) is 5.85. The highest BCUT2D eigenvalue weighted by Gasteiger charge is 2.21. The lowest BCUT2D eigenvalue weighted by Crippen LogP contribution is -2.49. The summed E-state index contributed by atoms with van der Waals surface area (Å²) in [6.45, 7) is 7.58. The van der Waals surface area contributed by atoms with Crippen LogP contribution in [0.2, 0.25) is 0 Å². The summed E-state index contributed by atoms with van der Waals surface area (Å²) in [7, 11) is 0. The number of rotatable bonds is 6. The number of hydrogen-bond acceptors (Lipinski definition) is 3. The van der Waals surface area contributed by atoms with Gasteiger partial charge in [0.2, 0.25) is 5.91 Å². The van der Waals surface area contributed by atoms with Crippen molar-refractivity contribution in [1.29, 1.82) is 0 Å². The quantitative estimate of drug-likeness (QED) is 0.732. The zero-order valence-electron chi connectivity index (χ0n) is 11.2. The minimum atomic E-state index is -0.320. The maximum absolute atomic E-state index is 11.8. The molecule has 1 amide bonds. The summed E-state index contributed by atoms with van der Waals surface area (Å²) in [6.07, 6.45) is 5.04. The molecule has 1 fully saturated rings. The van der Waals surface area contributed by atoms with Crippen molar-refractivity contribution in [1.82, 2.24) is 10.2 Å². The number of unbranched alkanes of at least 4 members (excludes halogenated alkanes) is 1. The summed E-state index contributed by atoms with van der Waals surface area (Å²) in [6, 6.07) is 0.0112. The molecule has 0 aromatic heterocycles. The molecule has 0 aliphatic carbocycles. The minimum absolute atomic E-state index is 0.0356. The zero-order valence-corrected chi connectivity index (χ0v) is 11.2. The largest absolute Gasteiger partial charge is 0.352 e. The van der Waals surface area contributed by atoms with E-state index in [0.717, 1.165) is 51.7 Å². The van der Waals surface area contributed by atoms with Gasteiger partial charge in [-0.25, -0.2) is 0 Å². The normalized spacial score (nSPS) is 20.2. The predicted molar refractivity (Wildman–Crippen MR) is 70.8 cm³/mol. The number of piperidine rings is 1. The molecule has 0 aromatic rings. The van der Waals surface area contributed by atoms with Crippen LogP contribution in [0.4, 0.5) is 0 Å². The Balaban J connectivity index is 2.22. The number of carbonyl (C=O) groups is 1. The third kappa shape index (κ3) is 5.04. The molecule has 1 aliphatic heterocycles. The highest BCUT2D eigenvalue weighted by atomic mass is 16.2. The number of nitrogens with zero attached hydrogens (tertiary/aromatic N) is 1. The molecule has 1 rings (SSSR count). The summed E-state index contributed by atoms with van der Waals surface area (Å²) >= 11 is 0. The third-order valence-electron chi connectivity index (χ3n) is 3.59. The van der Waals surface area contributed by atoms with Gasteiger partial charge in [-0.15, -0.1) is 0 Å². The molecule has 4 nitrogen and oxygen atoms in total. The molecule has 1 heterocycles. The molecule has 0 bridgehead atoms. The molecule has 0 aromatic carbocycles. The van der Waals surface area contributed by atoms with Gasteiger partial charge in [0.15, 0.2) is 0 Å². The standard InChI is InChI=1S/C13H27N3O/c1-3-5-6-12(14)13(17)15-11-7-9-16(4-2)10-8-11/h11-12H,3-10,14H2,1-2H3,(H,15,17). The first-order chi connectivity index (χ1) is 8.17. The molecule has 1 saturated heterocycles. The van der Waals surface area contributed by atoms with Gasteiger partial charge in [0, 0.05) is 19.1 Å². The Bertz CT molecular complexity index is 225. The van der Waals surface area contributed by atoms with Crippen LogP contribution in [0.3, 0.4) is 0 Å². The van der Waals surface area contributed by atoms with Crippen LogP contribution in [-0.4, -0.2) is 42.5 Å². The molecule has 17 heavy (non-hydrogen) atoms. The second kappa shape index (κ2) is 7.67. The van der Waals surface area contributed by atoms with E-state index in [2.05, 4.69) is 24.1 Å². The van der Waals surface area contributed by atoms with Crippen molar-refractivity contribution in [3.8, 4) is 0 Å². The van der Waals surface area contributed by atoms with Crippen molar-refractivity contribution in [2.24, 2.45) is 5.73 Å². The smallest absolute Gasteiger partial charge is 0.237 e. The first-order valence-electron chi connectivity index (χ1n) is 6.95. The molecule has 1 unspecified atom stereocenters. The average molecular weight is 241 g/mol. The van der Waals surface area contributed by atoms with E-state index in [4.69, 9.17) is 5.73 Å². The Morgan fingerprint density at radius 1 is 1.41 bits per heavy atom. The molecular formula is C13H27N3O. The number of carbonyl (C=O) groups excluding carboxylic acids is 1. The van der Waals surface area contributed by atoms with Crippen LogP contribution >= 0.6 is 0 Å². The van der Waals surface area contributed by atoms with Gasteiger partial charge < -0.3 is 16.0 Å². The predicted octanol–water partition coefficient (Wildman–Crippen LogP) is 1.10. The molecule has 100 valence electrons. The van der Waals surface area contributed by atoms with Gasteiger partial charge in [-0.3, -0.25) is 4.79 Å². The number of hydrogen-bond donors (Lipinski definition) is 2. The van der Waals surface area contributed by atoms with E-state index in [9.17, 15) is 4.79 Å². The van der Waals surface area contributed by atoms with E-state index in [0.29, 0.717) is 6.04 Å². The van der Waals surface area contributed by atoms with Gasteiger partial charge in [-0.05, 0) is 25.8 Å². The molecule has 0 spiro atoms. The van der Waals surface area contributed by atoms with Gasteiger partial charge in [0.1, 0.15) is 0 Å². The van der Waals surface area contributed by atoms with Gasteiger partial charge in [0.05, 0.1) is 6.04 Å². The summed E-state index contributed by atoms with van der Waals surface area (Å²) in [5, 5.41) is 3.08. The van der Waals surface area contributed by atoms with E-state index in [1.54, 1.807) is 0 Å². The van der Waals surface area contributed by atoms with E-state index in [1.807, 2.05) is 0 Å². The van der Waals surface area contributed by atoms with Crippen molar-refractivity contribution >= 4 is 5.91 Å². The van der Waals surface area contributed by atoms with Crippen LogP contribution < -0.4 is 11.1 Å². The molecule has 4 heteroatoms. The van der Waals surface area contributed by atoms with Gasteiger partial charge in [-0.2, -0.15) is 0 Å². The second-order valence-electron chi connectivity index (χ2n) is 4.97. The van der Waals surface area contributed by atoms with Gasteiger partial charge in [-0.1, -0.05) is 26.7 Å². The lowest BCUT2D eigenvalue weighted by molar-refractivity contribution is -0.123. The topological polar surface area (TPSA) is 58.4 Å². The fraction of sp³-hybridized carbons (Fsp3) is 0.923. The van der Waals surface area contributed by atoms with Crippen molar-refractivity contribution in [3.05, 3.63) is 0 Å². The molecule has 0 saturated carbocycles. The highest BCUT2D eigenvalue weighted by molar-refractivity contribution is 5.81. The Labute approximate surface area is 105 Å². The van der Waals surface area contributed by atoms with Gasteiger partial charge in [0.25, 0.3) is 0 Å². The molecular weight excluding hydrogens is 214 g/mol. The average Bonchev–Trinajstić information content (AvgIpc) is 2.36. The lowest BCUT2D eigenvalue weighted by Gasteiger charge is -2.32. The Hall–Kier alpha value is -0.610. The number of nitrogens with two attached hydrogens (primary N) is 1. The number of likely N-dealkylation sites (tertiary alicyclic amines) is 1. The van der Waals surface area contributed by atoms with Crippen molar-refractivity contribution in [3.63, 3.8) is 0 Å². The summed E-state index contributed by atoms with van der Waals surface area (Å²) in [4.78, 5) is 14.2. The fourth-order valence-corrected chi connectivity index (χ4v) is 2.26. The molecule has 0 radical (unpaired) electrons. The van der Waals surface area contributed by atoms with Crippen molar-refractivity contribution in [2.45, 2.75) is 58.0 Å². The molecule has 1 atom stereocenters. The third-order valence-corrected chi connectivity index (χ3v) is 3.59. The SMILES string of the molecule is CCCCC(N)C(=O)NC1CCN(CC)CC1. The van der Waals surface area contributed by atoms with Crippen molar-refractivity contribution < 1.29 is 4.79 Å². The van der Waals surface area contributed by atoms with E-state index < -0.39 is 0 Å². The zero-order chi connectivity index (χ0) is 12.7. The van der Waals surface area contributed by atoms with Crippen LogP contribution in [0.1, 0.15) is 46.0 Å². The number of nitrogens with one attached hydrogen (secondary N) is 1. The fourth-order valence-electron chi connectivity index (χ4n) is 2.26. The molecule has 3 N–H and O–H groups in total. The first-order valence-corrected chi connectivity index (χ1v) is 6.95. The van der Waals surface area contributed by atoms with Crippen LogP contribution in [0, 0.1) is 0 Å². The van der Waals surface area contributed by atoms with Crippen LogP contribution in [-0.2, 0) is 4.79 Å². The van der Waals surface area contributed by atoms with Gasteiger partial charge >= 0.3 is 0 Å².